The van der Waals surface area contributed by atoms with Crippen molar-refractivity contribution in [1.82, 2.24) is 0 Å². The monoisotopic (exact) mass is 516 g/mol. The number of anilines is 5. The highest BCUT2D eigenvalue weighted by Gasteiger charge is 2.15. The maximum absolute atomic E-state index is 2.34. The standard InChI is InChI=1S/C38H32N2/c1-29-12-9-19-36(26-29)39(2)34-22-24-35(25-23-34)40(37-20-10-17-32(27-37)30-13-5-3-6-14-30)38-21-11-18-33(28-38)31-15-7-4-8-16-31/h3-28H,1-2H3. The molecule has 0 atom stereocenters. The number of aryl methyl sites for hydroxylation is 1. The van der Waals surface area contributed by atoms with Crippen LogP contribution in [0.2, 0.25) is 0 Å². The fourth-order valence-electron chi connectivity index (χ4n) is 5.17. The molecule has 2 heteroatoms. The molecule has 2 nitrogen and oxygen atoms in total. The minimum absolute atomic E-state index is 1.11. The van der Waals surface area contributed by atoms with Gasteiger partial charge in [-0.15, -0.1) is 0 Å². The van der Waals surface area contributed by atoms with Crippen LogP contribution < -0.4 is 9.80 Å². The molecule has 0 radical (unpaired) electrons. The summed E-state index contributed by atoms with van der Waals surface area (Å²) in [6.45, 7) is 2.13. The van der Waals surface area contributed by atoms with Crippen LogP contribution in [0, 0.1) is 6.92 Å². The number of benzene rings is 6. The van der Waals surface area contributed by atoms with Crippen LogP contribution in [0.1, 0.15) is 5.56 Å². The van der Waals surface area contributed by atoms with Gasteiger partial charge >= 0.3 is 0 Å². The Morgan fingerprint density at radius 2 is 0.800 bits per heavy atom. The van der Waals surface area contributed by atoms with Crippen molar-refractivity contribution >= 4 is 28.4 Å². The fraction of sp³-hybridized carbons (Fsp3) is 0.0526. The highest BCUT2D eigenvalue weighted by molar-refractivity contribution is 5.83. The predicted molar refractivity (Wildman–Crippen MR) is 171 cm³/mol. The predicted octanol–water partition coefficient (Wildman–Crippen LogP) is 10.6. The van der Waals surface area contributed by atoms with E-state index in [1.165, 1.54) is 33.5 Å². The van der Waals surface area contributed by atoms with E-state index in [0.29, 0.717) is 0 Å². The fourth-order valence-corrected chi connectivity index (χ4v) is 5.17. The second-order valence-corrected chi connectivity index (χ2v) is 10.1. The van der Waals surface area contributed by atoms with Crippen LogP contribution in [0.5, 0.6) is 0 Å². The second kappa shape index (κ2) is 11.3. The summed E-state index contributed by atoms with van der Waals surface area (Å²) in [6.07, 6.45) is 0. The van der Waals surface area contributed by atoms with Crippen LogP contribution >= 0.6 is 0 Å². The van der Waals surface area contributed by atoms with Crippen LogP contribution in [0.25, 0.3) is 22.3 Å². The average Bonchev–Trinajstić information content (AvgIpc) is 3.02. The Hall–Kier alpha value is -5.08. The van der Waals surface area contributed by atoms with Gasteiger partial charge in [-0.2, -0.15) is 0 Å². The molecule has 0 spiro atoms. The molecule has 0 N–H and O–H groups in total. The third kappa shape index (κ3) is 5.39. The van der Waals surface area contributed by atoms with Gasteiger partial charge in [-0.05, 0) is 95.4 Å². The Labute approximate surface area is 237 Å². The van der Waals surface area contributed by atoms with Gasteiger partial charge in [0.05, 0.1) is 0 Å². The molecule has 40 heavy (non-hydrogen) atoms. The summed E-state index contributed by atoms with van der Waals surface area (Å²) in [4.78, 5) is 4.57. The maximum Gasteiger partial charge on any atom is 0.0467 e. The summed E-state index contributed by atoms with van der Waals surface area (Å²) in [6, 6.07) is 56.1. The van der Waals surface area contributed by atoms with Gasteiger partial charge in [-0.1, -0.05) is 97.1 Å². The Balaban J connectivity index is 1.43. The Morgan fingerprint density at radius 3 is 1.32 bits per heavy atom. The SMILES string of the molecule is Cc1cccc(N(C)c2ccc(N(c3cccc(-c4ccccc4)c3)c3cccc(-c4ccccc4)c3)cc2)c1. The van der Waals surface area contributed by atoms with Crippen molar-refractivity contribution in [2.45, 2.75) is 6.92 Å². The van der Waals surface area contributed by atoms with Gasteiger partial charge in [0.15, 0.2) is 0 Å². The molecule has 0 heterocycles. The third-order valence-corrected chi connectivity index (χ3v) is 7.31. The molecule has 0 aliphatic carbocycles. The smallest absolute Gasteiger partial charge is 0.0467 e. The first-order valence-electron chi connectivity index (χ1n) is 13.7. The van der Waals surface area contributed by atoms with Crippen molar-refractivity contribution in [2.24, 2.45) is 0 Å². The van der Waals surface area contributed by atoms with E-state index in [1.807, 2.05) is 0 Å². The van der Waals surface area contributed by atoms with Crippen molar-refractivity contribution in [3.05, 3.63) is 163 Å². The molecular weight excluding hydrogens is 484 g/mol. The quantitative estimate of drug-likeness (QED) is 0.208. The first kappa shape index (κ1) is 25.2. The van der Waals surface area contributed by atoms with Crippen molar-refractivity contribution in [2.75, 3.05) is 16.8 Å². The molecule has 194 valence electrons. The summed E-state index contributed by atoms with van der Waals surface area (Å²) in [5.74, 6) is 0. The lowest BCUT2D eigenvalue weighted by molar-refractivity contribution is 1.20. The summed E-state index contributed by atoms with van der Waals surface area (Å²) >= 11 is 0. The van der Waals surface area contributed by atoms with Gasteiger partial charge in [-0.25, -0.2) is 0 Å². The largest absolute Gasteiger partial charge is 0.345 e. The summed E-state index contributed by atoms with van der Waals surface area (Å²) in [5.41, 5.74) is 11.7. The zero-order valence-electron chi connectivity index (χ0n) is 22.9. The van der Waals surface area contributed by atoms with E-state index in [1.54, 1.807) is 0 Å². The third-order valence-electron chi connectivity index (χ3n) is 7.31. The van der Waals surface area contributed by atoms with Crippen LogP contribution in [0.15, 0.2) is 158 Å². The molecule has 6 aromatic rings. The van der Waals surface area contributed by atoms with E-state index in [-0.39, 0.29) is 0 Å². The Kier molecular flexibility index (Phi) is 7.15. The van der Waals surface area contributed by atoms with Crippen molar-refractivity contribution in [3.8, 4) is 22.3 Å². The zero-order valence-corrected chi connectivity index (χ0v) is 22.9. The van der Waals surface area contributed by atoms with E-state index in [4.69, 9.17) is 0 Å². The minimum Gasteiger partial charge on any atom is -0.345 e. The van der Waals surface area contributed by atoms with Gasteiger partial charge < -0.3 is 9.80 Å². The van der Waals surface area contributed by atoms with Crippen LogP contribution in [0.4, 0.5) is 28.4 Å². The van der Waals surface area contributed by atoms with Gasteiger partial charge in [0.2, 0.25) is 0 Å². The highest BCUT2D eigenvalue weighted by atomic mass is 15.1. The lowest BCUT2D eigenvalue weighted by Gasteiger charge is -2.27. The average molecular weight is 517 g/mol. The molecule has 6 rings (SSSR count). The maximum atomic E-state index is 2.34. The lowest BCUT2D eigenvalue weighted by atomic mass is 10.0. The first-order valence-corrected chi connectivity index (χ1v) is 13.7. The van der Waals surface area contributed by atoms with Crippen LogP contribution in [0.3, 0.4) is 0 Å². The molecule has 0 fully saturated rings. The second-order valence-electron chi connectivity index (χ2n) is 10.1. The zero-order chi connectivity index (χ0) is 27.3. The first-order chi connectivity index (χ1) is 19.7. The molecule has 6 aromatic carbocycles. The van der Waals surface area contributed by atoms with E-state index < -0.39 is 0 Å². The molecule has 0 saturated carbocycles. The molecule has 0 aliphatic heterocycles. The molecule has 0 saturated heterocycles. The van der Waals surface area contributed by atoms with Crippen molar-refractivity contribution < 1.29 is 0 Å². The lowest BCUT2D eigenvalue weighted by Crippen LogP contribution is -2.12. The molecule has 0 aromatic heterocycles. The summed E-state index contributed by atoms with van der Waals surface area (Å²) < 4.78 is 0. The number of nitrogens with zero attached hydrogens (tertiary/aromatic N) is 2. The van der Waals surface area contributed by atoms with Crippen molar-refractivity contribution in [1.29, 1.82) is 0 Å². The Bertz CT molecular complexity index is 1620. The minimum atomic E-state index is 1.11. The molecule has 0 unspecified atom stereocenters. The van der Waals surface area contributed by atoms with E-state index in [9.17, 15) is 0 Å². The van der Waals surface area contributed by atoms with Crippen molar-refractivity contribution in [3.63, 3.8) is 0 Å². The summed E-state index contributed by atoms with van der Waals surface area (Å²) in [5, 5.41) is 0. The topological polar surface area (TPSA) is 6.48 Å². The number of hydrogen-bond acceptors (Lipinski definition) is 2. The van der Waals surface area contributed by atoms with E-state index in [0.717, 1.165) is 22.7 Å². The van der Waals surface area contributed by atoms with Gasteiger partial charge in [-0.3, -0.25) is 0 Å². The van der Waals surface area contributed by atoms with E-state index >= 15 is 0 Å². The molecular formula is C38H32N2. The van der Waals surface area contributed by atoms with Crippen LogP contribution in [-0.4, -0.2) is 7.05 Å². The number of hydrogen-bond donors (Lipinski definition) is 0. The molecule has 0 amide bonds. The van der Waals surface area contributed by atoms with Gasteiger partial charge in [0, 0.05) is 35.5 Å². The number of rotatable bonds is 7. The van der Waals surface area contributed by atoms with Gasteiger partial charge in [0.25, 0.3) is 0 Å². The van der Waals surface area contributed by atoms with Crippen LogP contribution in [-0.2, 0) is 0 Å². The normalized spacial score (nSPS) is 10.8. The molecule has 0 aliphatic rings. The highest BCUT2D eigenvalue weighted by Crippen LogP contribution is 2.39. The summed E-state index contributed by atoms with van der Waals surface area (Å²) in [7, 11) is 2.12. The van der Waals surface area contributed by atoms with Gasteiger partial charge in [0.1, 0.15) is 0 Å². The van der Waals surface area contributed by atoms with E-state index in [2.05, 4.69) is 181 Å². The molecule has 0 bridgehead atoms. The Morgan fingerprint density at radius 1 is 0.350 bits per heavy atom.